The maximum Gasteiger partial charge on any atom is 0.0782 e. The minimum absolute atomic E-state index is 0.106. The molecule has 0 unspecified atom stereocenters. The zero-order chi connectivity index (χ0) is 45.0. The molecule has 10 aromatic carbocycles. The van der Waals surface area contributed by atoms with Gasteiger partial charge in [-0.2, -0.15) is 0 Å². The molecular formula is C66H50N2. The van der Waals surface area contributed by atoms with Gasteiger partial charge in [-0.05, 0) is 123 Å². The summed E-state index contributed by atoms with van der Waals surface area (Å²) in [5, 5.41) is 2.45. The van der Waals surface area contributed by atoms with Gasteiger partial charge in [0.1, 0.15) is 0 Å². The van der Waals surface area contributed by atoms with E-state index in [2.05, 4.69) is 252 Å². The van der Waals surface area contributed by atoms with E-state index in [-0.39, 0.29) is 5.41 Å². The monoisotopic (exact) mass is 870 g/mol. The van der Waals surface area contributed by atoms with Gasteiger partial charge in [-0.3, -0.25) is 0 Å². The Hall–Kier alpha value is -8.20. The van der Waals surface area contributed by atoms with E-state index in [1.165, 1.54) is 110 Å². The Bertz CT molecular complexity index is 3650. The number of benzene rings is 10. The predicted molar refractivity (Wildman–Crippen MR) is 287 cm³/mol. The second kappa shape index (κ2) is 16.6. The summed E-state index contributed by atoms with van der Waals surface area (Å²) in [4.78, 5) is 2.51. The Labute approximate surface area is 399 Å². The summed E-state index contributed by atoms with van der Waals surface area (Å²) >= 11 is 0. The molecule has 13 rings (SSSR count). The van der Waals surface area contributed by atoms with Crippen LogP contribution in [0, 0.1) is 0 Å². The first kappa shape index (κ1) is 40.1. The Morgan fingerprint density at radius 2 is 0.882 bits per heavy atom. The molecule has 68 heavy (non-hydrogen) atoms. The van der Waals surface area contributed by atoms with E-state index >= 15 is 0 Å². The molecule has 324 valence electrons. The lowest BCUT2D eigenvalue weighted by molar-refractivity contribution is 0.353. The molecule has 0 radical (unpaired) electrons. The van der Waals surface area contributed by atoms with E-state index in [1.807, 2.05) is 0 Å². The number of anilines is 3. The van der Waals surface area contributed by atoms with E-state index in [9.17, 15) is 0 Å². The first-order valence-corrected chi connectivity index (χ1v) is 24.3. The van der Waals surface area contributed by atoms with Gasteiger partial charge in [0, 0.05) is 33.1 Å². The number of para-hydroxylation sites is 4. The summed E-state index contributed by atoms with van der Waals surface area (Å²) in [6.07, 6.45) is 6.33. The quantitative estimate of drug-likeness (QED) is 0.148. The third-order valence-corrected chi connectivity index (χ3v) is 15.0. The minimum Gasteiger partial charge on any atom is -0.308 e. The average molecular weight is 871 g/mol. The molecule has 1 heterocycles. The van der Waals surface area contributed by atoms with Crippen LogP contribution in [0.25, 0.3) is 83.1 Å². The van der Waals surface area contributed by atoms with Crippen molar-refractivity contribution in [1.82, 2.24) is 4.57 Å². The van der Waals surface area contributed by atoms with Gasteiger partial charge in [-0.25, -0.2) is 0 Å². The molecule has 1 saturated carbocycles. The molecule has 1 aromatic heterocycles. The minimum atomic E-state index is 0.106. The Morgan fingerprint density at radius 1 is 0.338 bits per heavy atom. The van der Waals surface area contributed by atoms with Gasteiger partial charge in [0.05, 0.1) is 22.4 Å². The van der Waals surface area contributed by atoms with Crippen molar-refractivity contribution in [3.63, 3.8) is 0 Å². The van der Waals surface area contributed by atoms with Crippen LogP contribution < -0.4 is 4.90 Å². The summed E-state index contributed by atoms with van der Waals surface area (Å²) in [6, 6.07) is 89.9. The van der Waals surface area contributed by atoms with Crippen LogP contribution in [-0.4, -0.2) is 4.57 Å². The fraction of sp³-hybridized carbons (Fsp3) is 0.0909. The van der Waals surface area contributed by atoms with Crippen LogP contribution in [0.2, 0.25) is 0 Å². The normalized spacial score (nSPS) is 13.7. The molecule has 1 spiro atoms. The molecule has 0 atom stereocenters. The van der Waals surface area contributed by atoms with Crippen LogP contribution >= 0.6 is 0 Å². The molecule has 0 aliphatic heterocycles. The van der Waals surface area contributed by atoms with Crippen LogP contribution in [0.3, 0.4) is 0 Å². The third kappa shape index (κ3) is 6.47. The van der Waals surface area contributed by atoms with Crippen LogP contribution in [0.1, 0.15) is 43.2 Å². The molecule has 2 heteroatoms. The Kier molecular flexibility index (Phi) is 9.79. The first-order valence-electron chi connectivity index (χ1n) is 24.3. The fourth-order valence-corrected chi connectivity index (χ4v) is 12.0. The van der Waals surface area contributed by atoms with Crippen molar-refractivity contribution in [3.05, 3.63) is 254 Å². The van der Waals surface area contributed by atoms with Crippen molar-refractivity contribution in [2.45, 2.75) is 37.5 Å². The summed E-state index contributed by atoms with van der Waals surface area (Å²) in [5.41, 5.74) is 22.4. The highest BCUT2D eigenvalue weighted by atomic mass is 15.2. The second-order valence-electron chi connectivity index (χ2n) is 18.7. The van der Waals surface area contributed by atoms with Gasteiger partial charge in [0.2, 0.25) is 0 Å². The van der Waals surface area contributed by atoms with Gasteiger partial charge < -0.3 is 9.47 Å². The van der Waals surface area contributed by atoms with Crippen LogP contribution in [0.5, 0.6) is 0 Å². The third-order valence-electron chi connectivity index (χ3n) is 15.0. The summed E-state index contributed by atoms with van der Waals surface area (Å²) < 4.78 is 2.46. The molecule has 2 aliphatic rings. The molecule has 2 aliphatic carbocycles. The molecule has 2 nitrogen and oxygen atoms in total. The fourth-order valence-electron chi connectivity index (χ4n) is 12.0. The molecule has 0 saturated heterocycles. The highest BCUT2D eigenvalue weighted by molar-refractivity contribution is 6.15. The molecule has 0 N–H and O–H groups in total. The zero-order valence-corrected chi connectivity index (χ0v) is 38.0. The van der Waals surface area contributed by atoms with Crippen molar-refractivity contribution >= 4 is 38.9 Å². The van der Waals surface area contributed by atoms with Crippen LogP contribution in [-0.2, 0) is 5.41 Å². The molecule has 11 aromatic rings. The summed E-state index contributed by atoms with van der Waals surface area (Å²) in [5.74, 6) is 0. The van der Waals surface area contributed by atoms with Gasteiger partial charge in [-0.15, -0.1) is 0 Å². The lowest BCUT2D eigenvalue weighted by atomic mass is 9.67. The standard InChI is InChI=1S/C66H50N2/c1-4-21-47(22-5-1)51-25-8-9-26-52(51)53-27-10-11-28-54(53)57-30-13-16-34-62(57)67(64-36-20-32-59-58-31-14-17-35-63(58)68(65(59)64)49-23-6-2-7-24-49)50-40-37-46(38-41-50)48-39-42-56-55-29-12-15-33-60(55)66(61(56)45-48)43-18-3-19-44-66/h1-2,4-17,20-42,45H,3,18-19,43-44H2. The first-order chi connectivity index (χ1) is 33.7. The SMILES string of the molecule is c1ccc(-c2ccccc2-c2ccccc2-c2ccccc2N(c2ccc(-c3ccc4c(c3)C3(CCCCC3)c3ccccc3-4)cc2)c2cccc3c4ccccc4n(-c4ccccc4)c23)cc1. The highest BCUT2D eigenvalue weighted by Crippen LogP contribution is 2.56. The number of nitrogens with zero attached hydrogens (tertiary/aromatic N) is 2. The summed E-state index contributed by atoms with van der Waals surface area (Å²) in [6.45, 7) is 0. The number of hydrogen-bond donors (Lipinski definition) is 0. The van der Waals surface area contributed by atoms with Gasteiger partial charge in [-0.1, -0.05) is 213 Å². The molecule has 0 amide bonds. The number of fused-ring (bicyclic) bond motifs is 8. The highest BCUT2D eigenvalue weighted by Gasteiger charge is 2.43. The maximum atomic E-state index is 2.53. The summed E-state index contributed by atoms with van der Waals surface area (Å²) in [7, 11) is 0. The van der Waals surface area contributed by atoms with E-state index < -0.39 is 0 Å². The van der Waals surface area contributed by atoms with E-state index in [4.69, 9.17) is 0 Å². The van der Waals surface area contributed by atoms with Crippen molar-refractivity contribution in [1.29, 1.82) is 0 Å². The lowest BCUT2D eigenvalue weighted by Gasteiger charge is -2.36. The Balaban J connectivity index is 1.02. The predicted octanol–water partition coefficient (Wildman–Crippen LogP) is 18.2. The van der Waals surface area contributed by atoms with E-state index in [0.29, 0.717) is 0 Å². The van der Waals surface area contributed by atoms with Gasteiger partial charge in [0.25, 0.3) is 0 Å². The number of aromatic nitrogens is 1. The number of hydrogen-bond acceptors (Lipinski definition) is 1. The van der Waals surface area contributed by atoms with Gasteiger partial charge in [0.15, 0.2) is 0 Å². The van der Waals surface area contributed by atoms with Crippen LogP contribution in [0.4, 0.5) is 17.1 Å². The van der Waals surface area contributed by atoms with Crippen molar-refractivity contribution in [3.8, 4) is 61.3 Å². The van der Waals surface area contributed by atoms with E-state index in [0.717, 1.165) is 33.8 Å². The lowest BCUT2D eigenvalue weighted by Crippen LogP contribution is -2.28. The molecular weight excluding hydrogens is 821 g/mol. The molecule has 0 bridgehead atoms. The van der Waals surface area contributed by atoms with Crippen molar-refractivity contribution < 1.29 is 0 Å². The zero-order valence-electron chi connectivity index (χ0n) is 38.0. The average Bonchev–Trinajstić information content (AvgIpc) is 3.89. The van der Waals surface area contributed by atoms with Crippen molar-refractivity contribution in [2.75, 3.05) is 4.90 Å². The van der Waals surface area contributed by atoms with Crippen LogP contribution in [0.15, 0.2) is 243 Å². The van der Waals surface area contributed by atoms with Crippen molar-refractivity contribution in [2.24, 2.45) is 0 Å². The van der Waals surface area contributed by atoms with E-state index in [1.54, 1.807) is 0 Å². The number of rotatable bonds is 8. The smallest absolute Gasteiger partial charge is 0.0782 e. The topological polar surface area (TPSA) is 8.17 Å². The molecule has 1 fully saturated rings. The second-order valence-corrected chi connectivity index (χ2v) is 18.7. The maximum absolute atomic E-state index is 2.53. The Morgan fingerprint density at radius 3 is 1.65 bits per heavy atom. The van der Waals surface area contributed by atoms with Gasteiger partial charge >= 0.3 is 0 Å². The largest absolute Gasteiger partial charge is 0.308 e.